The van der Waals surface area contributed by atoms with Gasteiger partial charge < -0.3 is 15.4 Å². The van der Waals surface area contributed by atoms with Gasteiger partial charge in [0.2, 0.25) is 5.95 Å². The first-order valence-corrected chi connectivity index (χ1v) is 8.05. The Morgan fingerprint density at radius 2 is 1.92 bits per heavy atom. The van der Waals surface area contributed by atoms with Crippen LogP contribution in [0.25, 0.3) is 0 Å². The number of methoxy groups -OCH3 is 1. The zero-order valence-electron chi connectivity index (χ0n) is 14.6. The van der Waals surface area contributed by atoms with Crippen LogP contribution >= 0.6 is 0 Å². The highest BCUT2D eigenvalue weighted by Gasteiger charge is 2.06. The summed E-state index contributed by atoms with van der Waals surface area (Å²) in [4.78, 5) is 4.47. The number of ether oxygens (including phenoxy) is 1. The second kappa shape index (κ2) is 7.61. The fourth-order valence-electron chi connectivity index (χ4n) is 2.48. The van der Waals surface area contributed by atoms with Crippen LogP contribution < -0.4 is 15.4 Å². The molecule has 1 aromatic heterocycles. The Morgan fingerprint density at radius 3 is 2.72 bits per heavy atom. The Bertz CT molecular complexity index is 866. The third kappa shape index (κ3) is 4.23. The average molecular weight is 335 g/mol. The molecular formula is C19H21N5O. The van der Waals surface area contributed by atoms with Crippen molar-refractivity contribution in [3.63, 3.8) is 0 Å². The number of hydrogen-bond donors (Lipinski definition) is 2. The summed E-state index contributed by atoms with van der Waals surface area (Å²) in [7, 11) is 1.64. The van der Waals surface area contributed by atoms with Crippen LogP contribution in [0.1, 0.15) is 16.7 Å². The van der Waals surface area contributed by atoms with Gasteiger partial charge in [-0.2, -0.15) is 10.1 Å². The third-order valence-electron chi connectivity index (χ3n) is 3.87. The van der Waals surface area contributed by atoms with E-state index in [2.05, 4.69) is 44.9 Å². The van der Waals surface area contributed by atoms with Crippen LogP contribution in [0.3, 0.4) is 0 Å². The molecule has 6 nitrogen and oxygen atoms in total. The highest BCUT2D eigenvalue weighted by molar-refractivity contribution is 5.65. The lowest BCUT2D eigenvalue weighted by molar-refractivity contribution is 0.416. The summed E-state index contributed by atoms with van der Waals surface area (Å²) < 4.78 is 5.38. The van der Waals surface area contributed by atoms with Crippen LogP contribution in [0, 0.1) is 13.8 Å². The summed E-state index contributed by atoms with van der Waals surface area (Å²) in [6.07, 6.45) is 1.58. The van der Waals surface area contributed by atoms with Crippen molar-refractivity contribution in [3.8, 4) is 5.75 Å². The molecule has 25 heavy (non-hydrogen) atoms. The van der Waals surface area contributed by atoms with Gasteiger partial charge >= 0.3 is 0 Å². The minimum absolute atomic E-state index is 0.472. The van der Waals surface area contributed by atoms with Crippen molar-refractivity contribution in [3.05, 3.63) is 65.4 Å². The number of aryl methyl sites for hydroxylation is 2. The SMILES string of the molecule is COc1ccc(C)cc1Nc1cnnc(NCc2ccccc2C)n1. The van der Waals surface area contributed by atoms with E-state index in [1.54, 1.807) is 13.3 Å². The number of rotatable bonds is 6. The summed E-state index contributed by atoms with van der Waals surface area (Å²) in [5, 5.41) is 14.5. The molecule has 0 fully saturated rings. The quantitative estimate of drug-likeness (QED) is 0.713. The van der Waals surface area contributed by atoms with E-state index in [4.69, 9.17) is 4.74 Å². The molecule has 0 radical (unpaired) electrons. The van der Waals surface area contributed by atoms with Gasteiger partial charge in [0.1, 0.15) is 5.75 Å². The lowest BCUT2D eigenvalue weighted by Crippen LogP contribution is -2.07. The van der Waals surface area contributed by atoms with Crippen molar-refractivity contribution in [2.45, 2.75) is 20.4 Å². The molecule has 0 amide bonds. The van der Waals surface area contributed by atoms with E-state index in [9.17, 15) is 0 Å². The van der Waals surface area contributed by atoms with Gasteiger partial charge in [0.05, 0.1) is 19.0 Å². The molecule has 3 rings (SSSR count). The maximum atomic E-state index is 5.38. The summed E-state index contributed by atoms with van der Waals surface area (Å²) >= 11 is 0. The van der Waals surface area contributed by atoms with Crippen molar-refractivity contribution in [2.75, 3.05) is 17.7 Å². The Balaban J connectivity index is 1.74. The molecule has 0 atom stereocenters. The largest absolute Gasteiger partial charge is 0.495 e. The van der Waals surface area contributed by atoms with E-state index in [0.717, 1.165) is 17.0 Å². The Hall–Kier alpha value is -3.15. The Morgan fingerprint density at radius 1 is 1.08 bits per heavy atom. The highest BCUT2D eigenvalue weighted by atomic mass is 16.5. The first-order chi connectivity index (χ1) is 12.2. The first kappa shape index (κ1) is 16.7. The van der Waals surface area contributed by atoms with E-state index in [1.165, 1.54) is 11.1 Å². The van der Waals surface area contributed by atoms with Gasteiger partial charge in [-0.1, -0.05) is 30.3 Å². The van der Waals surface area contributed by atoms with Crippen LogP contribution in [0.5, 0.6) is 5.75 Å². The molecule has 128 valence electrons. The molecule has 0 saturated carbocycles. The van der Waals surface area contributed by atoms with Gasteiger partial charge in [0.15, 0.2) is 5.82 Å². The van der Waals surface area contributed by atoms with Crippen molar-refractivity contribution < 1.29 is 4.74 Å². The van der Waals surface area contributed by atoms with Crippen LogP contribution in [-0.4, -0.2) is 22.3 Å². The van der Waals surface area contributed by atoms with Gasteiger partial charge in [0, 0.05) is 6.54 Å². The zero-order valence-corrected chi connectivity index (χ0v) is 14.6. The molecule has 0 aliphatic rings. The summed E-state index contributed by atoms with van der Waals surface area (Å²) in [6, 6.07) is 14.1. The molecule has 0 saturated heterocycles. The molecule has 0 aliphatic carbocycles. The van der Waals surface area contributed by atoms with Gasteiger partial charge in [-0.25, -0.2) is 0 Å². The van der Waals surface area contributed by atoms with Crippen molar-refractivity contribution in [2.24, 2.45) is 0 Å². The highest BCUT2D eigenvalue weighted by Crippen LogP contribution is 2.27. The number of aromatic nitrogens is 3. The smallest absolute Gasteiger partial charge is 0.244 e. The lowest BCUT2D eigenvalue weighted by atomic mass is 10.1. The lowest BCUT2D eigenvalue weighted by Gasteiger charge is -2.12. The monoisotopic (exact) mass is 335 g/mol. The number of anilines is 3. The molecule has 1 heterocycles. The molecule has 0 unspecified atom stereocenters. The van der Waals surface area contributed by atoms with Gasteiger partial charge in [0.25, 0.3) is 0 Å². The summed E-state index contributed by atoms with van der Waals surface area (Å²) in [6.45, 7) is 4.75. The normalized spacial score (nSPS) is 10.4. The average Bonchev–Trinajstić information content (AvgIpc) is 2.62. The third-order valence-corrected chi connectivity index (χ3v) is 3.87. The van der Waals surface area contributed by atoms with Crippen molar-refractivity contribution in [1.82, 2.24) is 15.2 Å². The number of hydrogen-bond acceptors (Lipinski definition) is 6. The van der Waals surface area contributed by atoms with E-state index in [1.807, 2.05) is 37.3 Å². The molecular weight excluding hydrogens is 314 g/mol. The molecule has 0 aliphatic heterocycles. The van der Waals surface area contributed by atoms with Crippen LogP contribution in [-0.2, 0) is 6.54 Å². The second-order valence-corrected chi connectivity index (χ2v) is 5.77. The van der Waals surface area contributed by atoms with E-state index < -0.39 is 0 Å². The fourth-order valence-corrected chi connectivity index (χ4v) is 2.48. The summed E-state index contributed by atoms with van der Waals surface area (Å²) in [5.74, 6) is 1.82. The topological polar surface area (TPSA) is 72.0 Å². The molecule has 3 aromatic rings. The second-order valence-electron chi connectivity index (χ2n) is 5.77. The number of benzene rings is 2. The van der Waals surface area contributed by atoms with Crippen LogP contribution in [0.2, 0.25) is 0 Å². The maximum absolute atomic E-state index is 5.38. The minimum atomic E-state index is 0.472. The van der Waals surface area contributed by atoms with E-state index >= 15 is 0 Å². The summed E-state index contributed by atoms with van der Waals surface area (Å²) in [5.41, 5.74) is 4.39. The predicted molar refractivity (Wildman–Crippen MR) is 99.3 cm³/mol. The van der Waals surface area contributed by atoms with E-state index in [-0.39, 0.29) is 0 Å². The maximum Gasteiger partial charge on any atom is 0.244 e. The number of nitrogens with zero attached hydrogens (tertiary/aromatic N) is 3. The molecule has 2 N–H and O–H groups in total. The zero-order chi connectivity index (χ0) is 17.6. The minimum Gasteiger partial charge on any atom is -0.495 e. The Kier molecular flexibility index (Phi) is 5.09. The molecule has 2 aromatic carbocycles. The van der Waals surface area contributed by atoms with Gasteiger partial charge in [-0.3, -0.25) is 0 Å². The van der Waals surface area contributed by atoms with Crippen LogP contribution in [0.15, 0.2) is 48.7 Å². The van der Waals surface area contributed by atoms with E-state index in [0.29, 0.717) is 18.3 Å². The molecule has 0 bridgehead atoms. The van der Waals surface area contributed by atoms with Gasteiger partial charge in [-0.15, -0.1) is 5.10 Å². The van der Waals surface area contributed by atoms with Gasteiger partial charge in [-0.05, 0) is 42.7 Å². The number of nitrogens with one attached hydrogen (secondary N) is 2. The van der Waals surface area contributed by atoms with Crippen LogP contribution in [0.4, 0.5) is 17.5 Å². The van der Waals surface area contributed by atoms with Crippen molar-refractivity contribution >= 4 is 17.5 Å². The fraction of sp³-hybridized carbons (Fsp3) is 0.211. The predicted octanol–water partition coefficient (Wildman–Crippen LogP) is 3.85. The Labute approximate surface area is 147 Å². The van der Waals surface area contributed by atoms with Crippen molar-refractivity contribution in [1.29, 1.82) is 0 Å². The molecule has 0 spiro atoms. The molecule has 6 heteroatoms. The standard InChI is InChI=1S/C19H21N5O/c1-13-8-9-17(25-3)16(10-13)22-18-12-21-24-19(23-18)20-11-15-7-5-4-6-14(15)2/h4-10,12H,11H2,1-3H3,(H2,20,22,23,24). The first-order valence-electron chi connectivity index (χ1n) is 8.05.